The molecule has 2 radical (unpaired) electrons. The van der Waals surface area contributed by atoms with Crippen LogP contribution in [0.3, 0.4) is 0 Å². The van der Waals surface area contributed by atoms with Gasteiger partial charge in [-0.1, -0.05) is 0 Å². The zero-order valence-electron chi connectivity index (χ0n) is 2.51. The molecule has 0 spiro atoms. The molecular weight excluding hydrogens is 292 g/mol. The minimum Gasteiger partial charge on any atom is -0.197 e. The van der Waals surface area contributed by atoms with Crippen molar-refractivity contribution >= 4 is 47.4 Å². The molecule has 0 aliphatic carbocycles. The summed E-state index contributed by atoms with van der Waals surface area (Å²) in [4.78, 5) is 0. The Morgan fingerprint density at radius 2 is 0.800 bits per heavy atom. The van der Waals surface area contributed by atoms with Crippen molar-refractivity contribution < 1.29 is 37.1 Å². The Kier molecular flexibility index (Phi) is 287. The van der Waals surface area contributed by atoms with Gasteiger partial charge in [-0.05, 0) is 0 Å². The van der Waals surface area contributed by atoms with Crippen LogP contribution in [0.2, 0.25) is 0 Å². The maximum Gasteiger partial charge on any atom is 0 e. The largest absolute Gasteiger partial charge is 0.197 e. The molecule has 0 aromatic heterocycles. The van der Waals surface area contributed by atoms with E-state index >= 15 is 0 Å². The van der Waals surface area contributed by atoms with E-state index < -0.39 is 0 Å². The molecule has 0 amide bonds. The van der Waals surface area contributed by atoms with Crippen LogP contribution in [0.1, 0.15) is 0 Å². The van der Waals surface area contributed by atoms with E-state index in [2.05, 4.69) is 0 Å². The molecule has 34 valence electrons. The van der Waals surface area contributed by atoms with Crippen LogP contribution in [0.4, 0.5) is 0 Å². The van der Waals surface area contributed by atoms with Gasteiger partial charge in [-0.2, -0.15) is 23.4 Å². The summed E-state index contributed by atoms with van der Waals surface area (Å²) in [5.74, 6) is 0. The molecule has 0 N–H and O–H groups in total. The smallest absolute Gasteiger partial charge is 0 e. The third kappa shape index (κ3) is 20.4. The molecule has 0 aliphatic heterocycles. The quantitative estimate of drug-likeness (QED) is 0.458. The van der Waals surface area contributed by atoms with Gasteiger partial charge in [0, 0.05) is 37.1 Å². The van der Waals surface area contributed by atoms with Gasteiger partial charge < -0.3 is 0 Å². The normalized spacial score (nSPS) is 0. The van der Waals surface area contributed by atoms with Gasteiger partial charge in [0.15, 0.2) is 0 Å². The maximum absolute atomic E-state index is 0. The molecule has 0 aliphatic rings. The Morgan fingerprint density at radius 1 is 0.800 bits per heavy atom. The fraction of sp³-hybridized carbons (Fsp3) is 0. The van der Waals surface area contributed by atoms with E-state index in [4.69, 9.17) is 0 Å². The van der Waals surface area contributed by atoms with Gasteiger partial charge >= 0.3 is 0 Å². The Balaban J connectivity index is 0. The van der Waals surface area contributed by atoms with E-state index in [1.165, 1.54) is 0 Å². The van der Waals surface area contributed by atoms with Crippen LogP contribution < -0.4 is 0 Å². The van der Waals surface area contributed by atoms with Gasteiger partial charge in [0.05, 0.1) is 0 Å². The second kappa shape index (κ2) is 30.0. The van der Waals surface area contributed by atoms with Gasteiger partial charge in [-0.25, -0.2) is 0 Å². The molecule has 5 heteroatoms. The monoisotopic (exact) mass is 298 g/mol. The van der Waals surface area contributed by atoms with Crippen molar-refractivity contribution in [2.24, 2.45) is 0 Å². The first-order valence-electron chi connectivity index (χ1n) is 0. The SMILES string of the molecule is I.P.S.[V].[V]. The summed E-state index contributed by atoms with van der Waals surface area (Å²) in [6.45, 7) is 0. The standard InChI is InChI=1S/HI.H3P.H2S.2V/h1H;1H3;1H2;;. The molecule has 0 heterocycles. The van der Waals surface area contributed by atoms with Crippen molar-refractivity contribution in [3.05, 3.63) is 0 Å². The molecule has 0 bridgehead atoms. The molecular formula is H6IPSV2. The van der Waals surface area contributed by atoms with E-state index in [9.17, 15) is 0 Å². The van der Waals surface area contributed by atoms with Crippen molar-refractivity contribution in [2.75, 3.05) is 0 Å². The van der Waals surface area contributed by atoms with Crippen LogP contribution in [0.5, 0.6) is 0 Å². The molecule has 0 rings (SSSR count). The molecule has 1 unspecified atom stereocenters. The first-order valence-corrected chi connectivity index (χ1v) is 0. The van der Waals surface area contributed by atoms with Gasteiger partial charge in [0.25, 0.3) is 0 Å². The van der Waals surface area contributed by atoms with Crippen LogP contribution in [0.25, 0.3) is 0 Å². The minimum atomic E-state index is 0. The summed E-state index contributed by atoms with van der Waals surface area (Å²) in [5.41, 5.74) is 0. The van der Waals surface area contributed by atoms with Crippen molar-refractivity contribution in [3.8, 4) is 0 Å². The van der Waals surface area contributed by atoms with Gasteiger partial charge in [0.2, 0.25) is 0 Å². The molecule has 0 saturated carbocycles. The summed E-state index contributed by atoms with van der Waals surface area (Å²) in [6.07, 6.45) is 0. The van der Waals surface area contributed by atoms with Crippen LogP contribution >= 0.6 is 47.4 Å². The molecule has 1 atom stereocenters. The van der Waals surface area contributed by atoms with Crippen molar-refractivity contribution in [1.82, 2.24) is 0 Å². The summed E-state index contributed by atoms with van der Waals surface area (Å²) in [7, 11) is 0. The predicted molar refractivity (Wildman–Crippen MR) is 36.9 cm³/mol. The third-order valence-corrected chi connectivity index (χ3v) is 0. The summed E-state index contributed by atoms with van der Waals surface area (Å²) in [6, 6.07) is 0. The average molecular weight is 298 g/mol. The zero-order chi connectivity index (χ0) is 0. The number of hydrogen-bond acceptors (Lipinski definition) is 0. The van der Waals surface area contributed by atoms with Gasteiger partial charge in [0.1, 0.15) is 0 Å². The molecule has 0 aromatic rings. The third-order valence-electron chi connectivity index (χ3n) is 0. The van der Waals surface area contributed by atoms with Crippen LogP contribution in [0, 0.1) is 0 Å². The molecule has 0 saturated heterocycles. The fourth-order valence-corrected chi connectivity index (χ4v) is 0. The van der Waals surface area contributed by atoms with E-state index in [-0.39, 0.29) is 84.5 Å². The van der Waals surface area contributed by atoms with Crippen molar-refractivity contribution in [3.63, 3.8) is 0 Å². The predicted octanol–water partition coefficient (Wildman–Crippen LogP) is 0.784. The summed E-state index contributed by atoms with van der Waals surface area (Å²) in [5, 5.41) is 0. The van der Waals surface area contributed by atoms with Crippen molar-refractivity contribution in [1.29, 1.82) is 0 Å². The zero-order valence-corrected chi connectivity index (χ0v) is 10.0. The topological polar surface area (TPSA) is 0 Å². The summed E-state index contributed by atoms with van der Waals surface area (Å²) >= 11 is 0. The Labute approximate surface area is 83.5 Å². The number of hydrogen-bond donors (Lipinski definition) is 0. The first-order chi connectivity index (χ1) is 0. The van der Waals surface area contributed by atoms with E-state index in [0.29, 0.717) is 0 Å². The Hall–Kier alpha value is 2.68. The number of halogens is 1. The summed E-state index contributed by atoms with van der Waals surface area (Å²) < 4.78 is 0. The van der Waals surface area contributed by atoms with Crippen LogP contribution in [-0.4, -0.2) is 0 Å². The first kappa shape index (κ1) is 47.7. The Bertz CT molecular complexity index is 9.61. The average Bonchev–Trinajstić information content (AvgIpc) is 0. The fourth-order valence-electron chi connectivity index (χ4n) is 0. The van der Waals surface area contributed by atoms with Gasteiger partial charge in [-0.3, -0.25) is 0 Å². The molecule has 5 heavy (non-hydrogen) atoms. The van der Waals surface area contributed by atoms with Gasteiger partial charge in [-0.15, -0.1) is 24.0 Å². The molecule has 0 nitrogen and oxygen atoms in total. The molecule has 0 aromatic carbocycles. The van der Waals surface area contributed by atoms with E-state index in [1.807, 2.05) is 0 Å². The van der Waals surface area contributed by atoms with Crippen LogP contribution in [0.15, 0.2) is 0 Å². The van der Waals surface area contributed by atoms with E-state index in [0.717, 1.165) is 0 Å². The second-order valence-electron chi connectivity index (χ2n) is 0. The van der Waals surface area contributed by atoms with E-state index in [1.54, 1.807) is 0 Å². The minimum absolute atomic E-state index is 0. The number of rotatable bonds is 0. The maximum atomic E-state index is 0. The Morgan fingerprint density at radius 3 is 0.800 bits per heavy atom. The second-order valence-corrected chi connectivity index (χ2v) is 0. The molecule has 0 fully saturated rings. The van der Waals surface area contributed by atoms with Crippen LogP contribution in [-0.2, 0) is 37.1 Å². The van der Waals surface area contributed by atoms with Crippen molar-refractivity contribution in [2.45, 2.75) is 0 Å².